The minimum atomic E-state index is -2.42. The van der Waals surface area contributed by atoms with Gasteiger partial charge in [-0.15, -0.1) is 0 Å². The van der Waals surface area contributed by atoms with E-state index in [2.05, 4.69) is 25.9 Å². The largest absolute Gasteiger partial charge is 0.350 e. The van der Waals surface area contributed by atoms with Crippen LogP contribution in [0, 0.1) is 0 Å². The molecular weight excluding hydrogens is 357 g/mol. The zero-order valence-electron chi connectivity index (χ0n) is 14.4. The summed E-state index contributed by atoms with van der Waals surface area (Å²) in [5.74, 6) is 1.04. The molecule has 0 saturated carbocycles. The summed E-state index contributed by atoms with van der Waals surface area (Å²) >= 11 is 6.26. The van der Waals surface area contributed by atoms with Gasteiger partial charge in [-0.25, -0.2) is 4.98 Å². The van der Waals surface area contributed by atoms with E-state index in [1.165, 1.54) is 0 Å². The highest BCUT2D eigenvalue weighted by Gasteiger charge is 2.18. The molecule has 3 N–H and O–H groups in total. The Morgan fingerprint density at radius 3 is 2.84 bits per heavy atom. The van der Waals surface area contributed by atoms with Crippen LogP contribution in [0.4, 0.5) is 17.5 Å². The number of nitrogens with one attached hydrogen (secondary N) is 3. The lowest BCUT2D eigenvalue weighted by Gasteiger charge is -2.24. The molecule has 3 rings (SSSR count). The van der Waals surface area contributed by atoms with E-state index in [1.54, 1.807) is 19.5 Å². The molecule has 1 fully saturated rings. The normalized spacial score (nSPS) is 18.0. The quantitative estimate of drug-likeness (QED) is 0.692. The highest BCUT2D eigenvalue weighted by atomic mass is 35.5. The number of hydrogen-bond acceptors (Lipinski definition) is 6. The maximum Gasteiger partial charge on any atom is 0.224 e. The molecule has 6 nitrogen and oxygen atoms in total. The predicted molar refractivity (Wildman–Crippen MR) is 105 cm³/mol. The summed E-state index contributed by atoms with van der Waals surface area (Å²) < 4.78 is 12.5. The molecule has 8 heteroatoms. The van der Waals surface area contributed by atoms with Crippen molar-refractivity contribution < 1.29 is 4.57 Å². The van der Waals surface area contributed by atoms with Crippen LogP contribution >= 0.6 is 18.7 Å². The van der Waals surface area contributed by atoms with Crippen molar-refractivity contribution >= 4 is 41.5 Å². The fraction of sp³-hybridized carbons (Fsp3) is 0.412. The summed E-state index contributed by atoms with van der Waals surface area (Å²) in [5.41, 5.74) is 0.752. The van der Waals surface area contributed by atoms with Crippen molar-refractivity contribution in [1.82, 2.24) is 15.3 Å². The van der Waals surface area contributed by atoms with Crippen LogP contribution in [0.3, 0.4) is 0 Å². The van der Waals surface area contributed by atoms with E-state index < -0.39 is 7.14 Å². The van der Waals surface area contributed by atoms with Crippen LogP contribution in [0.15, 0.2) is 30.5 Å². The van der Waals surface area contributed by atoms with Crippen LogP contribution in [0.5, 0.6) is 0 Å². The number of hydrogen-bond donors (Lipinski definition) is 3. The lowest BCUT2D eigenvalue weighted by Crippen LogP contribution is -2.38. The zero-order valence-corrected chi connectivity index (χ0v) is 16.1. The summed E-state index contributed by atoms with van der Waals surface area (Å²) in [7, 11) is -2.42. The Kier molecular flexibility index (Phi) is 5.62. The lowest BCUT2D eigenvalue weighted by molar-refractivity contribution is 0.478. The number of rotatable bonds is 5. The highest BCUT2D eigenvalue weighted by Crippen LogP contribution is 2.38. The molecule has 0 aliphatic carbocycles. The molecule has 1 aliphatic heterocycles. The third kappa shape index (κ3) is 4.72. The standard InChI is InChI=1S/C17H23ClN5OP/c1-25(2,24)15-8-4-3-7-14(15)22-16-13(18)11-20-17(23-16)21-12-6-5-9-19-10-12/h3-4,7-8,11-12,19H,5-6,9-10H2,1-2H3,(H2,20,21,22,23)/t12-/m1/s1. The average molecular weight is 380 g/mol. The van der Waals surface area contributed by atoms with Crippen molar-refractivity contribution in [1.29, 1.82) is 0 Å². The van der Waals surface area contributed by atoms with Crippen molar-refractivity contribution in [2.24, 2.45) is 0 Å². The minimum Gasteiger partial charge on any atom is -0.350 e. The summed E-state index contributed by atoms with van der Waals surface area (Å²) in [6, 6.07) is 7.83. The first-order chi connectivity index (χ1) is 11.9. The van der Waals surface area contributed by atoms with Gasteiger partial charge in [0.25, 0.3) is 0 Å². The highest BCUT2D eigenvalue weighted by molar-refractivity contribution is 7.70. The maximum absolute atomic E-state index is 12.5. The van der Waals surface area contributed by atoms with Gasteiger partial charge >= 0.3 is 0 Å². The van der Waals surface area contributed by atoms with Gasteiger partial charge in [-0.2, -0.15) is 4.98 Å². The predicted octanol–water partition coefficient (Wildman–Crippen LogP) is 3.29. The van der Waals surface area contributed by atoms with Crippen LogP contribution in [-0.4, -0.2) is 42.4 Å². The van der Waals surface area contributed by atoms with Gasteiger partial charge < -0.3 is 20.5 Å². The number of anilines is 3. The minimum absolute atomic E-state index is 0.307. The van der Waals surface area contributed by atoms with Crippen LogP contribution in [-0.2, 0) is 4.57 Å². The van der Waals surface area contributed by atoms with Gasteiger partial charge in [0.05, 0.1) is 11.9 Å². The van der Waals surface area contributed by atoms with Gasteiger partial charge in [0.15, 0.2) is 5.82 Å². The molecule has 0 radical (unpaired) electrons. The molecular formula is C17H23ClN5OP. The van der Waals surface area contributed by atoms with E-state index in [1.807, 2.05) is 24.3 Å². The molecule has 25 heavy (non-hydrogen) atoms. The van der Waals surface area contributed by atoms with Gasteiger partial charge in [-0.05, 0) is 44.8 Å². The molecule has 2 aromatic rings. The molecule has 134 valence electrons. The lowest BCUT2D eigenvalue weighted by atomic mass is 10.1. The van der Waals surface area contributed by atoms with Crippen molar-refractivity contribution in [3.63, 3.8) is 0 Å². The maximum atomic E-state index is 12.5. The van der Waals surface area contributed by atoms with Crippen molar-refractivity contribution in [2.45, 2.75) is 18.9 Å². The molecule has 0 bridgehead atoms. The average Bonchev–Trinajstić information content (AvgIpc) is 2.58. The van der Waals surface area contributed by atoms with E-state index in [0.29, 0.717) is 22.8 Å². The fourth-order valence-electron chi connectivity index (χ4n) is 2.86. The number of para-hydroxylation sites is 1. The zero-order chi connectivity index (χ0) is 17.9. The summed E-state index contributed by atoms with van der Waals surface area (Å²) in [6.07, 6.45) is 3.79. The van der Waals surface area contributed by atoms with Crippen LogP contribution in [0.1, 0.15) is 12.8 Å². The molecule has 1 aliphatic rings. The Morgan fingerprint density at radius 1 is 1.32 bits per heavy atom. The van der Waals surface area contributed by atoms with Gasteiger partial charge in [0.2, 0.25) is 5.95 Å². The number of aromatic nitrogens is 2. The first-order valence-corrected chi connectivity index (χ1v) is 11.3. The fourth-order valence-corrected chi connectivity index (χ4v) is 4.15. The van der Waals surface area contributed by atoms with E-state index in [4.69, 9.17) is 11.6 Å². The van der Waals surface area contributed by atoms with E-state index in [-0.39, 0.29) is 0 Å². The van der Waals surface area contributed by atoms with Crippen molar-refractivity contribution in [2.75, 3.05) is 37.1 Å². The number of halogens is 1. The Labute approximate surface area is 153 Å². The Balaban J connectivity index is 1.83. The molecule has 1 saturated heterocycles. The van der Waals surface area contributed by atoms with E-state index in [0.717, 1.165) is 36.9 Å². The molecule has 1 atom stereocenters. The van der Waals surface area contributed by atoms with Crippen LogP contribution in [0.2, 0.25) is 5.02 Å². The van der Waals surface area contributed by atoms with E-state index in [9.17, 15) is 4.57 Å². The van der Waals surface area contributed by atoms with Crippen molar-refractivity contribution in [3.05, 3.63) is 35.5 Å². The third-order valence-corrected chi connectivity index (χ3v) is 5.94. The van der Waals surface area contributed by atoms with E-state index >= 15 is 0 Å². The Bertz CT molecular complexity index is 788. The molecule has 0 spiro atoms. The molecule has 0 unspecified atom stereocenters. The van der Waals surface area contributed by atoms with Crippen LogP contribution in [0.25, 0.3) is 0 Å². The summed E-state index contributed by atoms with van der Waals surface area (Å²) in [5, 5.41) is 11.1. The smallest absolute Gasteiger partial charge is 0.224 e. The second kappa shape index (κ2) is 7.73. The first kappa shape index (κ1) is 18.2. The SMILES string of the molecule is CP(C)(=O)c1ccccc1Nc1nc(N[C@@H]2CCCNC2)ncc1Cl. The second-order valence-corrected chi connectivity index (χ2v) is 10.2. The number of benzene rings is 1. The van der Waals surface area contributed by atoms with Gasteiger partial charge in [-0.3, -0.25) is 0 Å². The summed E-state index contributed by atoms with van der Waals surface area (Å²) in [4.78, 5) is 8.77. The number of nitrogens with zero attached hydrogens (tertiary/aromatic N) is 2. The van der Waals surface area contributed by atoms with Gasteiger partial charge in [0, 0.05) is 17.9 Å². The monoisotopic (exact) mass is 379 g/mol. The third-order valence-electron chi connectivity index (χ3n) is 4.11. The molecule has 2 heterocycles. The molecule has 1 aromatic heterocycles. The van der Waals surface area contributed by atoms with Gasteiger partial charge in [-0.1, -0.05) is 23.7 Å². The first-order valence-electron chi connectivity index (χ1n) is 8.35. The summed E-state index contributed by atoms with van der Waals surface area (Å²) in [6.45, 7) is 5.44. The second-order valence-electron chi connectivity index (χ2n) is 6.57. The Hall–Kier alpha value is -1.62. The number of piperidine rings is 1. The molecule has 0 amide bonds. The van der Waals surface area contributed by atoms with Gasteiger partial charge in [0.1, 0.15) is 12.2 Å². The Morgan fingerprint density at radius 2 is 2.12 bits per heavy atom. The molecule has 1 aromatic carbocycles. The van der Waals surface area contributed by atoms with Crippen molar-refractivity contribution in [3.8, 4) is 0 Å². The van der Waals surface area contributed by atoms with Crippen LogP contribution < -0.4 is 21.3 Å². The topological polar surface area (TPSA) is 78.9 Å².